The zero-order valence-corrected chi connectivity index (χ0v) is 37.0. The summed E-state index contributed by atoms with van der Waals surface area (Å²) in [5, 5.41) is 8.69. The molecule has 0 aromatic carbocycles. The van der Waals surface area contributed by atoms with Crippen molar-refractivity contribution < 1.29 is 19.4 Å². The summed E-state index contributed by atoms with van der Waals surface area (Å²) in [6.45, 7) is 7.44. The third-order valence-corrected chi connectivity index (χ3v) is 12.0. The van der Waals surface area contributed by atoms with Crippen LogP contribution in [0.3, 0.4) is 0 Å². The first-order valence-electron chi connectivity index (χ1n) is 24.7. The van der Waals surface area contributed by atoms with Crippen LogP contribution < -0.4 is 0 Å². The second-order valence-corrected chi connectivity index (χ2v) is 17.4. The summed E-state index contributed by atoms with van der Waals surface area (Å²) >= 11 is 0. The number of carboxylic acid groups (broad SMARTS) is 1. The first-order valence-corrected chi connectivity index (χ1v) is 24.7. The Morgan fingerprint density at radius 3 is 1.33 bits per heavy atom. The second-order valence-electron chi connectivity index (χ2n) is 17.4. The molecule has 0 spiro atoms. The fourth-order valence-electron chi connectivity index (χ4n) is 8.28. The number of carboxylic acids is 1. The Bertz CT molecular complexity index is 877. The zero-order chi connectivity index (χ0) is 39.7. The predicted octanol–water partition coefficient (Wildman–Crippen LogP) is 15.3. The van der Waals surface area contributed by atoms with Gasteiger partial charge in [0.1, 0.15) is 0 Å². The minimum Gasteiger partial charge on any atom is -0.481 e. The third kappa shape index (κ3) is 35.3. The molecule has 0 aromatic heterocycles. The van der Waals surface area contributed by atoms with Crippen LogP contribution in [0, 0.1) is 0 Å². The Balaban J connectivity index is 1.81. The molecule has 6 nitrogen and oxygen atoms in total. The van der Waals surface area contributed by atoms with Crippen LogP contribution in [0.1, 0.15) is 271 Å². The Morgan fingerprint density at radius 1 is 0.527 bits per heavy atom. The Kier molecular flexibility index (Phi) is 38.0. The molecule has 324 valence electrons. The summed E-state index contributed by atoms with van der Waals surface area (Å²) in [6.07, 6.45) is 50.4. The standard InChI is InChI=1S/C49H94N2O4/c1-3-4-5-6-7-29-34-39-44-55-49(54)42-37-32-27-23-19-15-9-8-12-16-20-24-28-33-38-43-51-46(2)45-50-47(51)40-35-30-25-21-17-13-10-11-14-18-22-26-31-36-41-48(52)53/h46H,3-45H2,1-2H3,(H,52,53). The molecular formula is C49H94N2O4. The van der Waals surface area contributed by atoms with Crippen molar-refractivity contribution in [3.8, 4) is 0 Å². The van der Waals surface area contributed by atoms with Crippen LogP contribution in [0.2, 0.25) is 0 Å². The molecule has 0 saturated carbocycles. The highest BCUT2D eigenvalue weighted by atomic mass is 16.5. The number of carbonyl (C=O) groups excluding carboxylic acids is 1. The Morgan fingerprint density at radius 2 is 0.891 bits per heavy atom. The lowest BCUT2D eigenvalue weighted by atomic mass is 10.0. The molecule has 55 heavy (non-hydrogen) atoms. The minimum absolute atomic E-state index is 0.0159. The molecule has 0 bridgehead atoms. The number of unbranched alkanes of at least 4 members (excludes halogenated alkanes) is 34. The molecule has 1 rings (SSSR count). The van der Waals surface area contributed by atoms with E-state index in [0.717, 1.165) is 32.2 Å². The van der Waals surface area contributed by atoms with Crippen molar-refractivity contribution in [1.82, 2.24) is 4.90 Å². The first-order chi connectivity index (χ1) is 27.0. The molecule has 1 aliphatic heterocycles. The number of aliphatic carboxylic acids is 1. The van der Waals surface area contributed by atoms with Crippen molar-refractivity contribution in [2.24, 2.45) is 4.99 Å². The van der Waals surface area contributed by atoms with E-state index in [0.29, 0.717) is 25.5 Å². The lowest BCUT2D eigenvalue weighted by Crippen LogP contribution is -2.35. The van der Waals surface area contributed by atoms with Crippen LogP contribution in [-0.2, 0) is 14.3 Å². The molecular weight excluding hydrogens is 681 g/mol. The highest BCUT2D eigenvalue weighted by Gasteiger charge is 2.22. The van der Waals surface area contributed by atoms with Gasteiger partial charge >= 0.3 is 11.9 Å². The monoisotopic (exact) mass is 775 g/mol. The van der Waals surface area contributed by atoms with Gasteiger partial charge < -0.3 is 14.7 Å². The molecule has 0 radical (unpaired) electrons. The normalized spacial score (nSPS) is 14.2. The van der Waals surface area contributed by atoms with E-state index in [1.54, 1.807) is 0 Å². The summed E-state index contributed by atoms with van der Waals surface area (Å²) in [5.41, 5.74) is 0. The molecule has 6 heteroatoms. The number of ether oxygens (including phenoxy) is 1. The number of hydrogen-bond acceptors (Lipinski definition) is 5. The van der Waals surface area contributed by atoms with E-state index >= 15 is 0 Å². The fourth-order valence-corrected chi connectivity index (χ4v) is 8.28. The maximum absolute atomic E-state index is 11.9. The van der Waals surface area contributed by atoms with Gasteiger partial charge in [-0.3, -0.25) is 14.6 Å². The van der Waals surface area contributed by atoms with Crippen LogP contribution in [-0.4, -0.2) is 53.5 Å². The van der Waals surface area contributed by atoms with E-state index in [4.69, 9.17) is 14.8 Å². The lowest BCUT2D eigenvalue weighted by Gasteiger charge is -2.25. The third-order valence-electron chi connectivity index (χ3n) is 12.0. The van der Waals surface area contributed by atoms with Crippen LogP contribution in [0.4, 0.5) is 0 Å². The molecule has 1 aliphatic rings. The van der Waals surface area contributed by atoms with E-state index in [9.17, 15) is 9.59 Å². The molecule has 0 fully saturated rings. The minimum atomic E-state index is -0.656. The van der Waals surface area contributed by atoms with Gasteiger partial charge in [0.25, 0.3) is 0 Å². The molecule has 0 amide bonds. The van der Waals surface area contributed by atoms with E-state index in [1.165, 1.54) is 231 Å². The van der Waals surface area contributed by atoms with Gasteiger partial charge in [-0.15, -0.1) is 0 Å². The second kappa shape index (κ2) is 40.6. The van der Waals surface area contributed by atoms with Gasteiger partial charge in [-0.05, 0) is 39.0 Å². The average Bonchev–Trinajstić information content (AvgIpc) is 3.53. The molecule has 1 atom stereocenters. The summed E-state index contributed by atoms with van der Waals surface area (Å²) < 4.78 is 5.43. The van der Waals surface area contributed by atoms with Crippen molar-refractivity contribution in [1.29, 1.82) is 0 Å². The molecule has 0 aliphatic carbocycles. The van der Waals surface area contributed by atoms with Crippen molar-refractivity contribution in [3.05, 3.63) is 0 Å². The highest BCUT2D eigenvalue weighted by Crippen LogP contribution is 2.19. The summed E-state index contributed by atoms with van der Waals surface area (Å²) in [7, 11) is 0. The number of carbonyl (C=O) groups is 2. The van der Waals surface area contributed by atoms with Crippen molar-refractivity contribution in [2.75, 3.05) is 19.7 Å². The van der Waals surface area contributed by atoms with Crippen molar-refractivity contribution in [2.45, 2.75) is 277 Å². The molecule has 1 N–H and O–H groups in total. The number of hydrogen-bond donors (Lipinski definition) is 1. The average molecular weight is 775 g/mol. The maximum Gasteiger partial charge on any atom is 0.305 e. The smallest absolute Gasteiger partial charge is 0.305 e. The highest BCUT2D eigenvalue weighted by molar-refractivity contribution is 5.84. The number of rotatable bonds is 44. The largest absolute Gasteiger partial charge is 0.481 e. The molecule has 0 aromatic rings. The molecule has 1 unspecified atom stereocenters. The van der Waals surface area contributed by atoms with Crippen LogP contribution in [0.5, 0.6) is 0 Å². The van der Waals surface area contributed by atoms with Gasteiger partial charge in [-0.1, -0.05) is 212 Å². The van der Waals surface area contributed by atoms with E-state index in [-0.39, 0.29) is 5.97 Å². The fraction of sp³-hybridized carbons (Fsp3) is 0.939. The van der Waals surface area contributed by atoms with Gasteiger partial charge in [0.15, 0.2) is 0 Å². The maximum atomic E-state index is 11.9. The Labute approximate surface area is 342 Å². The van der Waals surface area contributed by atoms with Gasteiger partial charge in [0.2, 0.25) is 0 Å². The summed E-state index contributed by atoms with van der Waals surface area (Å²) in [6, 6.07) is 0.594. The van der Waals surface area contributed by atoms with Gasteiger partial charge in [0.05, 0.1) is 19.0 Å². The van der Waals surface area contributed by atoms with Crippen molar-refractivity contribution >= 4 is 17.8 Å². The van der Waals surface area contributed by atoms with E-state index in [2.05, 4.69) is 18.7 Å². The van der Waals surface area contributed by atoms with E-state index in [1.807, 2.05) is 0 Å². The molecule has 1 heterocycles. The summed E-state index contributed by atoms with van der Waals surface area (Å²) in [4.78, 5) is 30.1. The van der Waals surface area contributed by atoms with Gasteiger partial charge in [0, 0.05) is 31.8 Å². The summed E-state index contributed by atoms with van der Waals surface area (Å²) in [5.74, 6) is 0.758. The zero-order valence-electron chi connectivity index (χ0n) is 37.0. The quantitative estimate of drug-likeness (QED) is 0.0492. The van der Waals surface area contributed by atoms with Crippen molar-refractivity contribution in [3.63, 3.8) is 0 Å². The Hall–Kier alpha value is -1.59. The van der Waals surface area contributed by atoms with Crippen LogP contribution >= 0.6 is 0 Å². The predicted molar refractivity (Wildman–Crippen MR) is 237 cm³/mol. The number of esters is 1. The number of nitrogens with zero attached hydrogens (tertiary/aromatic N) is 2. The van der Waals surface area contributed by atoms with Gasteiger partial charge in [-0.25, -0.2) is 0 Å². The molecule has 0 saturated heterocycles. The van der Waals surface area contributed by atoms with Crippen LogP contribution in [0.15, 0.2) is 4.99 Å². The van der Waals surface area contributed by atoms with Gasteiger partial charge in [-0.2, -0.15) is 0 Å². The lowest BCUT2D eigenvalue weighted by molar-refractivity contribution is -0.144. The number of amidine groups is 1. The number of aliphatic imine (C=N–C) groups is 1. The topological polar surface area (TPSA) is 79.2 Å². The first kappa shape index (κ1) is 51.4. The van der Waals surface area contributed by atoms with E-state index < -0.39 is 5.97 Å². The van der Waals surface area contributed by atoms with Crippen LogP contribution in [0.25, 0.3) is 0 Å². The SMILES string of the molecule is CCCCCCCCCCOC(=O)CCCCCCCCCCCCCCCCCN1C(CCCCCCCCCCCCCCCCC(=O)O)=NCC1C.